The van der Waals surface area contributed by atoms with Gasteiger partial charge in [-0.3, -0.25) is 4.90 Å². The van der Waals surface area contributed by atoms with Crippen molar-refractivity contribution < 1.29 is 14.3 Å². The van der Waals surface area contributed by atoms with Gasteiger partial charge in [0.15, 0.2) is 0 Å². The van der Waals surface area contributed by atoms with E-state index in [0.29, 0.717) is 12.1 Å². The predicted molar refractivity (Wildman–Crippen MR) is 92.0 cm³/mol. The summed E-state index contributed by atoms with van der Waals surface area (Å²) in [5.74, 6) is -0.363. The Hall–Kier alpha value is -2.82. The molecule has 0 aliphatic carbocycles. The molecule has 1 aliphatic heterocycles. The zero-order valence-electron chi connectivity index (χ0n) is 13.6. The molecule has 1 fully saturated rings. The fourth-order valence-electron chi connectivity index (χ4n) is 2.60. The molecule has 0 N–H and O–H groups in total. The Labute approximate surface area is 141 Å². The second kappa shape index (κ2) is 7.17. The SMILES string of the molecule is COC(=O)c1ccc(CN(C(=O)N2CCC2)c2ccccc2)cc1. The van der Waals surface area contributed by atoms with Crippen LogP contribution in [0.15, 0.2) is 54.6 Å². The van der Waals surface area contributed by atoms with Crippen LogP contribution in [-0.2, 0) is 11.3 Å². The first-order chi connectivity index (χ1) is 11.7. The number of para-hydroxylation sites is 1. The first-order valence-electron chi connectivity index (χ1n) is 7.98. The molecule has 0 atom stereocenters. The number of nitrogens with zero attached hydrogens (tertiary/aromatic N) is 2. The molecule has 5 heteroatoms. The summed E-state index contributed by atoms with van der Waals surface area (Å²) in [6.07, 6.45) is 1.06. The Kier molecular flexibility index (Phi) is 4.79. The van der Waals surface area contributed by atoms with E-state index >= 15 is 0 Å². The first-order valence-corrected chi connectivity index (χ1v) is 7.98. The molecule has 0 aromatic heterocycles. The van der Waals surface area contributed by atoms with E-state index in [9.17, 15) is 9.59 Å². The third kappa shape index (κ3) is 3.40. The number of ether oxygens (including phenoxy) is 1. The number of methoxy groups -OCH3 is 1. The molecule has 1 aliphatic rings. The number of amides is 2. The minimum atomic E-state index is -0.363. The molecule has 0 radical (unpaired) electrons. The van der Waals surface area contributed by atoms with Crippen LogP contribution in [0.1, 0.15) is 22.3 Å². The number of urea groups is 1. The smallest absolute Gasteiger partial charge is 0.337 e. The van der Waals surface area contributed by atoms with Gasteiger partial charge in [-0.25, -0.2) is 9.59 Å². The average molecular weight is 324 g/mol. The number of esters is 1. The fraction of sp³-hybridized carbons (Fsp3) is 0.263. The Morgan fingerprint density at radius 1 is 1.04 bits per heavy atom. The van der Waals surface area contributed by atoms with Crippen molar-refractivity contribution in [1.82, 2.24) is 4.90 Å². The maximum absolute atomic E-state index is 12.7. The normalized spacial score (nSPS) is 13.1. The highest BCUT2D eigenvalue weighted by atomic mass is 16.5. The fourth-order valence-corrected chi connectivity index (χ4v) is 2.60. The number of rotatable bonds is 4. The number of hydrogen-bond acceptors (Lipinski definition) is 3. The van der Waals surface area contributed by atoms with E-state index in [0.717, 1.165) is 30.8 Å². The average Bonchev–Trinajstić information content (AvgIpc) is 2.58. The second-order valence-electron chi connectivity index (χ2n) is 5.73. The third-order valence-electron chi connectivity index (χ3n) is 4.14. The highest BCUT2D eigenvalue weighted by molar-refractivity contribution is 5.92. The molecule has 5 nitrogen and oxygen atoms in total. The van der Waals surface area contributed by atoms with E-state index < -0.39 is 0 Å². The Morgan fingerprint density at radius 2 is 1.71 bits per heavy atom. The van der Waals surface area contributed by atoms with Crippen molar-refractivity contribution in [2.24, 2.45) is 0 Å². The van der Waals surface area contributed by atoms with Gasteiger partial charge in [-0.1, -0.05) is 30.3 Å². The molecule has 0 saturated carbocycles. The predicted octanol–water partition coefficient (Wildman–Crippen LogP) is 3.31. The van der Waals surface area contributed by atoms with Gasteiger partial charge in [0, 0.05) is 18.8 Å². The van der Waals surface area contributed by atoms with Crippen molar-refractivity contribution >= 4 is 17.7 Å². The lowest BCUT2D eigenvalue weighted by Gasteiger charge is -2.36. The summed E-state index contributed by atoms with van der Waals surface area (Å²) in [7, 11) is 1.36. The van der Waals surface area contributed by atoms with Gasteiger partial charge in [-0.15, -0.1) is 0 Å². The van der Waals surface area contributed by atoms with Crippen molar-refractivity contribution in [3.05, 3.63) is 65.7 Å². The van der Waals surface area contributed by atoms with Gasteiger partial charge in [0.05, 0.1) is 19.2 Å². The monoisotopic (exact) mass is 324 g/mol. The number of carbonyl (C=O) groups is 2. The van der Waals surface area contributed by atoms with Gasteiger partial charge in [0.25, 0.3) is 0 Å². The molecule has 124 valence electrons. The molecular weight excluding hydrogens is 304 g/mol. The van der Waals surface area contributed by atoms with Gasteiger partial charge in [-0.2, -0.15) is 0 Å². The van der Waals surface area contributed by atoms with E-state index in [1.54, 1.807) is 17.0 Å². The minimum absolute atomic E-state index is 0.0181. The molecule has 2 amide bonds. The van der Waals surface area contributed by atoms with Crippen molar-refractivity contribution in [1.29, 1.82) is 0 Å². The number of carbonyl (C=O) groups excluding carboxylic acids is 2. The van der Waals surface area contributed by atoms with Gasteiger partial charge >= 0.3 is 12.0 Å². The van der Waals surface area contributed by atoms with E-state index in [1.807, 2.05) is 47.4 Å². The highest BCUT2D eigenvalue weighted by Crippen LogP contribution is 2.21. The summed E-state index contributed by atoms with van der Waals surface area (Å²) < 4.78 is 4.71. The largest absolute Gasteiger partial charge is 0.465 e. The zero-order chi connectivity index (χ0) is 16.9. The van der Waals surface area contributed by atoms with Crippen molar-refractivity contribution in [2.75, 3.05) is 25.1 Å². The van der Waals surface area contributed by atoms with Crippen LogP contribution in [0.4, 0.5) is 10.5 Å². The third-order valence-corrected chi connectivity index (χ3v) is 4.14. The molecule has 0 spiro atoms. The van der Waals surface area contributed by atoms with Gasteiger partial charge in [-0.05, 0) is 36.2 Å². The molecule has 1 saturated heterocycles. The van der Waals surface area contributed by atoms with Crippen LogP contribution in [0.25, 0.3) is 0 Å². The maximum Gasteiger partial charge on any atom is 0.337 e. The summed E-state index contributed by atoms with van der Waals surface area (Å²) in [6, 6.07) is 16.8. The second-order valence-corrected chi connectivity index (χ2v) is 5.73. The van der Waals surface area contributed by atoms with Crippen LogP contribution in [-0.4, -0.2) is 37.1 Å². The number of likely N-dealkylation sites (tertiary alicyclic amines) is 1. The first kappa shape index (κ1) is 16.1. The molecule has 3 rings (SSSR count). The van der Waals surface area contributed by atoms with E-state index in [-0.39, 0.29) is 12.0 Å². The summed E-state index contributed by atoms with van der Waals surface area (Å²) in [5.41, 5.74) is 2.33. The van der Waals surface area contributed by atoms with Crippen LogP contribution >= 0.6 is 0 Å². The summed E-state index contributed by atoms with van der Waals surface area (Å²) in [4.78, 5) is 27.9. The lowest BCUT2D eigenvalue weighted by molar-refractivity contribution is 0.0600. The zero-order valence-corrected chi connectivity index (χ0v) is 13.6. The minimum Gasteiger partial charge on any atom is -0.465 e. The van der Waals surface area contributed by atoms with Crippen LogP contribution in [0.5, 0.6) is 0 Å². The Morgan fingerprint density at radius 3 is 2.25 bits per heavy atom. The van der Waals surface area contributed by atoms with E-state index in [1.165, 1.54) is 7.11 Å². The van der Waals surface area contributed by atoms with E-state index in [4.69, 9.17) is 4.74 Å². The number of anilines is 1. The quantitative estimate of drug-likeness (QED) is 0.811. The maximum atomic E-state index is 12.7. The molecule has 1 heterocycles. The molecule has 2 aromatic rings. The molecular formula is C19H20N2O3. The van der Waals surface area contributed by atoms with Gasteiger partial charge in [0.2, 0.25) is 0 Å². The number of benzene rings is 2. The molecule has 0 unspecified atom stereocenters. The molecule has 2 aromatic carbocycles. The topological polar surface area (TPSA) is 49.9 Å². The Balaban J connectivity index is 1.81. The lowest BCUT2D eigenvalue weighted by atomic mass is 10.1. The van der Waals surface area contributed by atoms with Gasteiger partial charge < -0.3 is 9.64 Å². The summed E-state index contributed by atoms with van der Waals surface area (Å²) >= 11 is 0. The van der Waals surface area contributed by atoms with Crippen molar-refractivity contribution in [3.8, 4) is 0 Å². The molecule has 0 bridgehead atoms. The van der Waals surface area contributed by atoms with E-state index in [2.05, 4.69) is 0 Å². The summed E-state index contributed by atoms with van der Waals surface area (Å²) in [6.45, 7) is 2.08. The standard InChI is InChI=1S/C19H20N2O3/c1-24-18(22)16-10-8-15(9-11-16)14-21(17-6-3-2-4-7-17)19(23)20-12-5-13-20/h2-4,6-11H,5,12-14H2,1H3. The van der Waals surface area contributed by atoms with Crippen LogP contribution in [0.3, 0.4) is 0 Å². The van der Waals surface area contributed by atoms with Crippen LogP contribution in [0, 0.1) is 0 Å². The van der Waals surface area contributed by atoms with Crippen molar-refractivity contribution in [2.45, 2.75) is 13.0 Å². The highest BCUT2D eigenvalue weighted by Gasteiger charge is 2.26. The summed E-state index contributed by atoms with van der Waals surface area (Å²) in [5, 5.41) is 0. The Bertz CT molecular complexity index is 709. The van der Waals surface area contributed by atoms with Gasteiger partial charge in [0.1, 0.15) is 0 Å². The van der Waals surface area contributed by atoms with Crippen LogP contribution < -0.4 is 4.90 Å². The van der Waals surface area contributed by atoms with Crippen LogP contribution in [0.2, 0.25) is 0 Å². The molecule has 24 heavy (non-hydrogen) atoms. The number of hydrogen-bond donors (Lipinski definition) is 0. The van der Waals surface area contributed by atoms with Crippen molar-refractivity contribution in [3.63, 3.8) is 0 Å². The lowest BCUT2D eigenvalue weighted by Crippen LogP contribution is -2.49.